The van der Waals surface area contributed by atoms with E-state index in [-0.39, 0.29) is 5.56 Å². The molecule has 0 aliphatic heterocycles. The van der Waals surface area contributed by atoms with Crippen molar-refractivity contribution in [2.24, 2.45) is 0 Å². The van der Waals surface area contributed by atoms with Crippen molar-refractivity contribution >= 4 is 21.6 Å². The molecule has 0 spiro atoms. The van der Waals surface area contributed by atoms with E-state index < -0.39 is 5.69 Å². The fourth-order valence-electron chi connectivity index (χ4n) is 1.71. The van der Waals surface area contributed by atoms with Crippen LogP contribution in [0.3, 0.4) is 0 Å². The number of benzene rings is 1. The summed E-state index contributed by atoms with van der Waals surface area (Å²) < 4.78 is 0.545. The first-order chi connectivity index (χ1) is 8.24. The first-order valence-corrected chi connectivity index (χ1v) is 5.87. The molecule has 0 aliphatic carbocycles. The molecule has 5 heteroatoms. The minimum atomic E-state index is -0.472. The van der Waals surface area contributed by atoms with Crippen molar-refractivity contribution < 1.29 is 0 Å². The highest BCUT2D eigenvalue weighted by Crippen LogP contribution is 2.29. The fourth-order valence-corrected chi connectivity index (χ4v) is 2.72. The summed E-state index contributed by atoms with van der Waals surface area (Å²) in [6, 6.07) is 11.6. The van der Waals surface area contributed by atoms with Gasteiger partial charge in [-0.05, 0) is 11.6 Å². The standard InChI is InChI=1S/C12H8N2O2S/c15-11-10-8(13-12(16)14-11)6-9(17-10)7-4-2-1-3-5-7/h1-6H,(H2,13,14,15,16). The maximum atomic E-state index is 11.6. The third-order valence-electron chi connectivity index (χ3n) is 2.47. The van der Waals surface area contributed by atoms with Gasteiger partial charge in [0.05, 0.1) is 5.52 Å². The third-order valence-corrected chi connectivity index (χ3v) is 3.65. The minimum absolute atomic E-state index is 0.337. The van der Waals surface area contributed by atoms with E-state index in [1.54, 1.807) is 0 Å². The van der Waals surface area contributed by atoms with E-state index >= 15 is 0 Å². The van der Waals surface area contributed by atoms with Crippen molar-refractivity contribution in [2.75, 3.05) is 0 Å². The lowest BCUT2D eigenvalue weighted by Gasteiger charge is -1.93. The van der Waals surface area contributed by atoms with E-state index in [1.165, 1.54) is 11.3 Å². The lowest BCUT2D eigenvalue weighted by Crippen LogP contribution is -2.20. The predicted molar refractivity (Wildman–Crippen MR) is 68.5 cm³/mol. The number of rotatable bonds is 1. The van der Waals surface area contributed by atoms with Gasteiger partial charge in [0, 0.05) is 4.88 Å². The molecule has 4 nitrogen and oxygen atoms in total. The Kier molecular flexibility index (Phi) is 2.19. The molecule has 0 bridgehead atoms. The molecule has 3 aromatic rings. The van der Waals surface area contributed by atoms with Crippen molar-refractivity contribution in [1.82, 2.24) is 9.97 Å². The highest BCUT2D eigenvalue weighted by Gasteiger charge is 2.07. The van der Waals surface area contributed by atoms with Crippen LogP contribution in [0.1, 0.15) is 0 Å². The zero-order valence-electron chi connectivity index (χ0n) is 8.69. The maximum absolute atomic E-state index is 11.6. The summed E-state index contributed by atoms with van der Waals surface area (Å²) in [5.41, 5.74) is 0.812. The summed E-state index contributed by atoms with van der Waals surface area (Å²) in [6.45, 7) is 0. The number of hydrogen-bond acceptors (Lipinski definition) is 3. The van der Waals surface area contributed by atoms with Gasteiger partial charge in [0.2, 0.25) is 0 Å². The predicted octanol–water partition coefficient (Wildman–Crippen LogP) is 1.94. The second-order valence-electron chi connectivity index (χ2n) is 3.63. The average molecular weight is 244 g/mol. The van der Waals surface area contributed by atoms with Gasteiger partial charge in [-0.3, -0.25) is 9.78 Å². The first-order valence-electron chi connectivity index (χ1n) is 5.05. The van der Waals surface area contributed by atoms with Gasteiger partial charge >= 0.3 is 5.69 Å². The molecule has 2 aromatic heterocycles. The molecule has 0 unspecified atom stereocenters. The Morgan fingerprint density at radius 2 is 1.76 bits per heavy atom. The quantitative estimate of drug-likeness (QED) is 0.687. The molecule has 0 atom stereocenters. The Morgan fingerprint density at radius 1 is 1.00 bits per heavy atom. The molecular weight excluding hydrogens is 236 g/mol. The Morgan fingerprint density at radius 3 is 2.53 bits per heavy atom. The molecule has 2 N–H and O–H groups in total. The van der Waals surface area contributed by atoms with E-state index in [2.05, 4.69) is 9.97 Å². The van der Waals surface area contributed by atoms with Crippen LogP contribution in [0, 0.1) is 0 Å². The summed E-state index contributed by atoms with van der Waals surface area (Å²) in [7, 11) is 0. The molecule has 0 saturated heterocycles. The van der Waals surface area contributed by atoms with Crippen molar-refractivity contribution in [2.45, 2.75) is 0 Å². The zero-order chi connectivity index (χ0) is 11.8. The van der Waals surface area contributed by atoms with Crippen LogP contribution in [-0.2, 0) is 0 Å². The number of fused-ring (bicyclic) bond motifs is 1. The highest BCUT2D eigenvalue weighted by molar-refractivity contribution is 7.22. The molecule has 0 amide bonds. The molecule has 3 rings (SSSR count). The SMILES string of the molecule is O=c1[nH]c(=O)c2sc(-c3ccccc3)cc2[nH]1. The van der Waals surface area contributed by atoms with Crippen molar-refractivity contribution in [1.29, 1.82) is 0 Å². The van der Waals surface area contributed by atoms with E-state index in [9.17, 15) is 9.59 Å². The molecule has 0 aliphatic rings. The Labute approximate surface area is 99.6 Å². The molecule has 0 radical (unpaired) electrons. The van der Waals surface area contributed by atoms with E-state index in [0.717, 1.165) is 10.4 Å². The Bertz CT molecular complexity index is 783. The molecule has 84 valence electrons. The smallest absolute Gasteiger partial charge is 0.306 e. The Balaban J connectivity index is 2.31. The molecule has 0 fully saturated rings. The summed E-state index contributed by atoms with van der Waals surface area (Å²) in [6.07, 6.45) is 0. The van der Waals surface area contributed by atoms with Crippen LogP contribution < -0.4 is 11.2 Å². The summed E-state index contributed by atoms with van der Waals surface area (Å²) in [4.78, 5) is 28.5. The molecule has 17 heavy (non-hydrogen) atoms. The molecule has 2 heterocycles. The Hall–Kier alpha value is -2.14. The number of nitrogens with one attached hydrogen (secondary N) is 2. The van der Waals surface area contributed by atoms with Crippen molar-refractivity contribution in [3.8, 4) is 10.4 Å². The van der Waals surface area contributed by atoms with Crippen molar-refractivity contribution in [3.63, 3.8) is 0 Å². The molecular formula is C12H8N2O2S. The normalized spacial score (nSPS) is 10.8. The van der Waals surface area contributed by atoms with E-state index in [4.69, 9.17) is 0 Å². The summed E-state index contributed by atoms with van der Waals surface area (Å²) in [5, 5.41) is 0. The second-order valence-corrected chi connectivity index (χ2v) is 4.68. The van der Waals surface area contributed by atoms with Gasteiger partial charge in [-0.25, -0.2) is 4.79 Å². The van der Waals surface area contributed by atoms with Crippen LogP contribution in [0.2, 0.25) is 0 Å². The number of thiophene rings is 1. The van der Waals surface area contributed by atoms with Gasteiger partial charge in [-0.15, -0.1) is 11.3 Å². The topological polar surface area (TPSA) is 65.7 Å². The second kappa shape index (κ2) is 3.71. The van der Waals surface area contributed by atoms with Crippen LogP contribution in [-0.4, -0.2) is 9.97 Å². The van der Waals surface area contributed by atoms with Gasteiger partial charge in [-0.1, -0.05) is 30.3 Å². The number of aromatic nitrogens is 2. The van der Waals surface area contributed by atoms with Crippen LogP contribution in [0.5, 0.6) is 0 Å². The largest absolute Gasteiger partial charge is 0.326 e. The van der Waals surface area contributed by atoms with Crippen molar-refractivity contribution in [3.05, 3.63) is 57.2 Å². The maximum Gasteiger partial charge on any atom is 0.326 e. The number of aromatic amines is 2. The monoisotopic (exact) mass is 244 g/mol. The van der Waals surface area contributed by atoms with Crippen LogP contribution >= 0.6 is 11.3 Å². The molecule has 0 saturated carbocycles. The van der Waals surface area contributed by atoms with Gasteiger partial charge in [0.1, 0.15) is 4.70 Å². The number of hydrogen-bond donors (Lipinski definition) is 2. The fraction of sp³-hybridized carbons (Fsp3) is 0. The number of H-pyrrole nitrogens is 2. The highest BCUT2D eigenvalue weighted by atomic mass is 32.1. The van der Waals surface area contributed by atoms with E-state index in [1.807, 2.05) is 36.4 Å². The lowest BCUT2D eigenvalue weighted by atomic mass is 10.2. The van der Waals surface area contributed by atoms with Crippen LogP contribution in [0.4, 0.5) is 0 Å². The van der Waals surface area contributed by atoms with Gasteiger partial charge in [0.25, 0.3) is 5.56 Å². The van der Waals surface area contributed by atoms with Gasteiger partial charge in [0.15, 0.2) is 0 Å². The van der Waals surface area contributed by atoms with Crippen LogP contribution in [0.25, 0.3) is 20.7 Å². The summed E-state index contributed by atoms with van der Waals surface area (Å²) in [5.74, 6) is 0. The average Bonchev–Trinajstić information content (AvgIpc) is 2.74. The van der Waals surface area contributed by atoms with Crippen LogP contribution in [0.15, 0.2) is 46.0 Å². The van der Waals surface area contributed by atoms with Gasteiger partial charge in [-0.2, -0.15) is 0 Å². The summed E-state index contributed by atoms with van der Waals surface area (Å²) >= 11 is 1.37. The van der Waals surface area contributed by atoms with E-state index in [0.29, 0.717) is 10.2 Å². The lowest BCUT2D eigenvalue weighted by molar-refractivity contribution is 1.09. The minimum Gasteiger partial charge on any atom is -0.306 e. The third kappa shape index (κ3) is 1.70. The first kappa shape index (κ1) is 10.0. The molecule has 1 aromatic carbocycles. The van der Waals surface area contributed by atoms with Gasteiger partial charge < -0.3 is 4.98 Å². The zero-order valence-corrected chi connectivity index (χ0v) is 9.51.